The fraction of sp³-hybridized carbons (Fsp3) is 0.400. The zero-order chi connectivity index (χ0) is 32.2. The van der Waals surface area contributed by atoms with Crippen LogP contribution in [-0.2, 0) is 48.5 Å². The summed E-state index contributed by atoms with van der Waals surface area (Å²) in [5, 5.41) is 9.33. The standard InChI is InChI=1S/C30H31F3N4O6S/c1-3-43-28(39)26-13-19(2)9-12-37(26)27(38)25(15-20-5-4-6-21(14-20)17-34)35-44(41,42)24-8-7-22-10-11-36(18-23(22)16-24)29(40)30(31,32)33/h4-9,14,16,25-26,35H,3,10-13,15,18H2,1-2H3/t25-,26?/m0/s1. The fourth-order valence-corrected chi connectivity index (χ4v) is 6.50. The average Bonchev–Trinajstić information content (AvgIpc) is 2.99. The largest absolute Gasteiger partial charge is 0.471 e. The Morgan fingerprint density at radius 1 is 1.16 bits per heavy atom. The Labute approximate surface area is 253 Å². The Morgan fingerprint density at radius 2 is 1.91 bits per heavy atom. The zero-order valence-electron chi connectivity index (χ0n) is 24.1. The third-order valence-corrected chi connectivity index (χ3v) is 8.96. The Bertz CT molecular complexity index is 1630. The van der Waals surface area contributed by atoms with Crippen LogP contribution in [0.5, 0.6) is 0 Å². The van der Waals surface area contributed by atoms with Crippen LogP contribution in [0.15, 0.2) is 59.0 Å². The number of alkyl halides is 3. The second kappa shape index (κ2) is 13.2. The summed E-state index contributed by atoms with van der Waals surface area (Å²) in [6.07, 6.45) is -3.17. The van der Waals surface area contributed by atoms with Crippen LogP contribution in [-0.4, -0.2) is 74.0 Å². The summed E-state index contributed by atoms with van der Waals surface area (Å²) in [4.78, 5) is 40.1. The van der Waals surface area contributed by atoms with Crippen LogP contribution >= 0.6 is 0 Å². The second-order valence-electron chi connectivity index (χ2n) is 10.6. The number of nitrogens with zero attached hydrogens (tertiary/aromatic N) is 3. The van der Waals surface area contributed by atoms with E-state index >= 15 is 0 Å². The first-order valence-corrected chi connectivity index (χ1v) is 15.3. The molecule has 0 bridgehead atoms. The quantitative estimate of drug-likeness (QED) is 0.349. The van der Waals surface area contributed by atoms with Gasteiger partial charge in [0.15, 0.2) is 0 Å². The number of esters is 1. The number of halogens is 3. The Morgan fingerprint density at radius 3 is 2.59 bits per heavy atom. The highest BCUT2D eigenvalue weighted by Gasteiger charge is 2.43. The molecule has 10 nitrogen and oxygen atoms in total. The number of hydrogen-bond acceptors (Lipinski definition) is 7. The number of ether oxygens (including phenoxy) is 1. The lowest BCUT2D eigenvalue weighted by molar-refractivity contribution is -0.186. The van der Waals surface area contributed by atoms with Gasteiger partial charge in [-0.05, 0) is 74.1 Å². The molecule has 2 aliphatic heterocycles. The van der Waals surface area contributed by atoms with E-state index in [4.69, 9.17) is 4.74 Å². The van der Waals surface area contributed by atoms with E-state index in [0.717, 1.165) is 5.57 Å². The first-order valence-electron chi connectivity index (χ1n) is 13.9. The van der Waals surface area contributed by atoms with Crippen molar-refractivity contribution in [2.45, 2.75) is 62.8 Å². The number of carbonyl (C=O) groups is 3. The van der Waals surface area contributed by atoms with Gasteiger partial charge in [-0.15, -0.1) is 0 Å². The fourth-order valence-electron chi connectivity index (χ4n) is 5.26. The molecule has 0 fully saturated rings. The van der Waals surface area contributed by atoms with Crippen LogP contribution < -0.4 is 4.72 Å². The highest BCUT2D eigenvalue weighted by molar-refractivity contribution is 7.89. The van der Waals surface area contributed by atoms with Gasteiger partial charge in [0, 0.05) is 19.6 Å². The van der Waals surface area contributed by atoms with Gasteiger partial charge < -0.3 is 14.5 Å². The third kappa shape index (κ3) is 7.46. The molecule has 0 saturated carbocycles. The predicted molar refractivity (Wildman–Crippen MR) is 151 cm³/mol. The normalized spacial score (nSPS) is 17.6. The minimum atomic E-state index is -5.07. The van der Waals surface area contributed by atoms with Gasteiger partial charge in [0.05, 0.1) is 23.1 Å². The minimum Gasteiger partial charge on any atom is -0.464 e. The van der Waals surface area contributed by atoms with Crippen LogP contribution in [0, 0.1) is 11.3 Å². The van der Waals surface area contributed by atoms with Crippen LogP contribution in [0.25, 0.3) is 0 Å². The maximum Gasteiger partial charge on any atom is 0.471 e. The first kappa shape index (κ1) is 32.7. The third-order valence-electron chi connectivity index (χ3n) is 7.49. The lowest BCUT2D eigenvalue weighted by Gasteiger charge is -2.35. The summed E-state index contributed by atoms with van der Waals surface area (Å²) in [6.45, 7) is 2.96. The first-order chi connectivity index (χ1) is 20.7. The van der Waals surface area contributed by atoms with Crippen molar-refractivity contribution in [3.63, 3.8) is 0 Å². The number of amides is 2. The van der Waals surface area contributed by atoms with E-state index in [1.165, 1.54) is 29.2 Å². The molecule has 1 unspecified atom stereocenters. The van der Waals surface area contributed by atoms with E-state index in [1.54, 1.807) is 38.1 Å². The van der Waals surface area contributed by atoms with Crippen molar-refractivity contribution < 1.29 is 40.7 Å². The molecule has 4 rings (SSSR count). The molecule has 2 aromatic rings. The van der Waals surface area contributed by atoms with E-state index in [1.807, 2.05) is 6.07 Å². The maximum absolute atomic E-state index is 14.0. The zero-order valence-corrected chi connectivity index (χ0v) is 24.9. The van der Waals surface area contributed by atoms with Crippen molar-refractivity contribution in [1.82, 2.24) is 14.5 Å². The van der Waals surface area contributed by atoms with Crippen molar-refractivity contribution in [3.8, 4) is 6.07 Å². The summed E-state index contributed by atoms with van der Waals surface area (Å²) < 4.78 is 74.1. The Hall–Kier alpha value is -4.22. The molecule has 0 saturated heterocycles. The number of sulfonamides is 1. The lowest BCUT2D eigenvalue weighted by Crippen LogP contribution is -2.56. The molecule has 0 aliphatic carbocycles. The van der Waals surface area contributed by atoms with Gasteiger partial charge in [-0.1, -0.05) is 29.8 Å². The van der Waals surface area contributed by atoms with E-state index in [0.29, 0.717) is 21.6 Å². The number of nitrogens with one attached hydrogen (secondary N) is 1. The monoisotopic (exact) mass is 632 g/mol. The molecule has 2 aliphatic rings. The Balaban J connectivity index is 1.67. The second-order valence-corrected chi connectivity index (χ2v) is 12.3. The topological polar surface area (TPSA) is 137 Å². The molecule has 1 N–H and O–H groups in total. The number of nitriles is 1. The number of hydrogen-bond donors (Lipinski definition) is 1. The van der Waals surface area contributed by atoms with Gasteiger partial charge in [0.25, 0.3) is 0 Å². The number of rotatable bonds is 8. The molecule has 2 amide bonds. The molecule has 0 radical (unpaired) electrons. The molecule has 2 aromatic carbocycles. The van der Waals surface area contributed by atoms with Crippen molar-refractivity contribution >= 4 is 27.8 Å². The van der Waals surface area contributed by atoms with Gasteiger partial charge in [0.1, 0.15) is 12.1 Å². The summed E-state index contributed by atoms with van der Waals surface area (Å²) in [7, 11) is -4.46. The molecule has 0 aromatic heterocycles. The summed E-state index contributed by atoms with van der Waals surface area (Å²) in [5.74, 6) is -3.34. The predicted octanol–water partition coefficient (Wildman–Crippen LogP) is 3.01. The van der Waals surface area contributed by atoms with Crippen LogP contribution in [0.4, 0.5) is 13.2 Å². The highest BCUT2D eigenvalue weighted by Crippen LogP contribution is 2.27. The van der Waals surface area contributed by atoms with Crippen molar-refractivity contribution in [3.05, 3.63) is 76.4 Å². The maximum atomic E-state index is 14.0. The van der Waals surface area contributed by atoms with Crippen molar-refractivity contribution in [1.29, 1.82) is 5.26 Å². The number of benzene rings is 2. The van der Waals surface area contributed by atoms with E-state index in [9.17, 15) is 41.2 Å². The molecular formula is C30H31F3N4O6S. The number of carbonyl (C=O) groups excluding carboxylic acids is 3. The van der Waals surface area contributed by atoms with Crippen LogP contribution in [0.3, 0.4) is 0 Å². The molecule has 14 heteroatoms. The Kier molecular flexibility index (Phi) is 9.80. The van der Waals surface area contributed by atoms with Crippen LogP contribution in [0.1, 0.15) is 42.5 Å². The summed E-state index contributed by atoms with van der Waals surface area (Å²) >= 11 is 0. The summed E-state index contributed by atoms with van der Waals surface area (Å²) in [6, 6.07) is 9.84. The van der Waals surface area contributed by atoms with Gasteiger partial charge in [0.2, 0.25) is 15.9 Å². The molecule has 2 atom stereocenters. The average molecular weight is 633 g/mol. The van der Waals surface area contributed by atoms with Gasteiger partial charge >= 0.3 is 18.1 Å². The summed E-state index contributed by atoms with van der Waals surface area (Å²) in [5.41, 5.74) is 2.47. The highest BCUT2D eigenvalue weighted by atomic mass is 32.2. The van der Waals surface area contributed by atoms with Gasteiger partial charge in [-0.25, -0.2) is 13.2 Å². The van der Waals surface area contributed by atoms with Gasteiger partial charge in [-0.3, -0.25) is 9.59 Å². The molecule has 234 valence electrons. The molecular weight excluding hydrogens is 601 g/mol. The SMILES string of the molecule is CCOC(=O)C1CC(C)=CCN1C(=O)[C@H](Cc1cccc(C#N)c1)NS(=O)(=O)c1ccc2c(c1)CN(C(=O)C(F)(F)F)CC2. The van der Waals surface area contributed by atoms with Crippen molar-refractivity contribution in [2.24, 2.45) is 0 Å². The number of fused-ring (bicyclic) bond motifs is 1. The van der Waals surface area contributed by atoms with E-state index in [2.05, 4.69) is 4.72 Å². The van der Waals surface area contributed by atoms with Crippen LogP contribution in [0.2, 0.25) is 0 Å². The van der Waals surface area contributed by atoms with Gasteiger partial charge in [-0.2, -0.15) is 23.2 Å². The molecule has 0 spiro atoms. The van der Waals surface area contributed by atoms with E-state index < -0.39 is 52.6 Å². The van der Waals surface area contributed by atoms with E-state index in [-0.39, 0.29) is 49.4 Å². The lowest BCUT2D eigenvalue weighted by atomic mass is 9.98. The smallest absolute Gasteiger partial charge is 0.464 e. The molecule has 2 heterocycles. The molecule has 44 heavy (non-hydrogen) atoms. The minimum absolute atomic E-state index is 0.0343. The van der Waals surface area contributed by atoms with Crippen molar-refractivity contribution in [2.75, 3.05) is 19.7 Å².